The van der Waals surface area contributed by atoms with Crippen LogP contribution in [0.15, 0.2) is 54.2 Å². The van der Waals surface area contributed by atoms with Crippen molar-refractivity contribution < 1.29 is 18.0 Å². The number of aryl methyl sites for hydroxylation is 1. The molecule has 146 valence electrons. The first-order chi connectivity index (χ1) is 13.9. The minimum absolute atomic E-state index is 0.0730. The molecule has 0 bridgehead atoms. The van der Waals surface area contributed by atoms with Crippen molar-refractivity contribution in [1.29, 1.82) is 0 Å². The molecule has 0 saturated heterocycles. The molecular weight excluding hydrogens is 401 g/mol. The molecule has 0 aliphatic heterocycles. The molecule has 0 aliphatic carbocycles. The van der Waals surface area contributed by atoms with Gasteiger partial charge in [-0.05, 0) is 37.3 Å². The summed E-state index contributed by atoms with van der Waals surface area (Å²) < 4.78 is 43.8. The Hall–Kier alpha value is -3.46. The van der Waals surface area contributed by atoms with E-state index >= 15 is 0 Å². The Morgan fingerprint density at radius 1 is 1.07 bits per heavy atom. The lowest BCUT2D eigenvalue weighted by atomic mass is 10.1. The molecule has 0 aliphatic rings. The smallest absolute Gasteiger partial charge is 0.261 e. The second-order valence-corrected chi connectivity index (χ2v) is 7.01. The molecule has 0 radical (unpaired) electrons. The van der Waals surface area contributed by atoms with Gasteiger partial charge < -0.3 is 5.32 Å². The van der Waals surface area contributed by atoms with E-state index < -0.39 is 28.9 Å². The summed E-state index contributed by atoms with van der Waals surface area (Å²) in [7, 11) is 0. The van der Waals surface area contributed by atoms with Crippen LogP contribution in [0, 0.1) is 24.4 Å². The summed E-state index contributed by atoms with van der Waals surface area (Å²) in [5.74, 6) is -3.60. The summed E-state index contributed by atoms with van der Waals surface area (Å²) in [5.41, 5.74) is 0.793. The average molecular weight is 414 g/mol. The zero-order valence-electron chi connectivity index (χ0n) is 15.0. The SMILES string of the molecule is Cc1nn(-c2nccs2)cc1-c1ccc(NC(=O)c2c(F)cccc2F)cc1F. The van der Waals surface area contributed by atoms with Crippen molar-refractivity contribution in [3.05, 3.63) is 82.9 Å². The largest absolute Gasteiger partial charge is 0.322 e. The molecule has 0 fully saturated rings. The molecule has 1 amide bonds. The molecule has 2 aromatic heterocycles. The highest BCUT2D eigenvalue weighted by Crippen LogP contribution is 2.29. The number of thiazole rings is 1. The van der Waals surface area contributed by atoms with Gasteiger partial charge in [-0.2, -0.15) is 5.10 Å². The Balaban J connectivity index is 1.61. The highest BCUT2D eigenvalue weighted by Gasteiger charge is 2.19. The van der Waals surface area contributed by atoms with Gasteiger partial charge in [0.15, 0.2) is 0 Å². The Morgan fingerprint density at radius 3 is 2.48 bits per heavy atom. The van der Waals surface area contributed by atoms with E-state index in [1.807, 2.05) is 5.38 Å². The van der Waals surface area contributed by atoms with Gasteiger partial charge >= 0.3 is 0 Å². The number of hydrogen-bond acceptors (Lipinski definition) is 4. The van der Waals surface area contributed by atoms with Crippen LogP contribution >= 0.6 is 11.3 Å². The molecular formula is C20H13F3N4OS. The van der Waals surface area contributed by atoms with Crippen LogP contribution in [0.25, 0.3) is 16.3 Å². The molecule has 9 heteroatoms. The zero-order valence-corrected chi connectivity index (χ0v) is 15.8. The van der Waals surface area contributed by atoms with Gasteiger partial charge in [-0.1, -0.05) is 6.07 Å². The molecule has 1 N–H and O–H groups in total. The quantitative estimate of drug-likeness (QED) is 0.513. The predicted octanol–water partition coefficient (Wildman–Crippen LogP) is 4.97. The van der Waals surface area contributed by atoms with Crippen molar-refractivity contribution in [1.82, 2.24) is 14.8 Å². The van der Waals surface area contributed by atoms with Crippen molar-refractivity contribution in [2.24, 2.45) is 0 Å². The van der Waals surface area contributed by atoms with Gasteiger partial charge in [0.25, 0.3) is 5.91 Å². The molecule has 2 aromatic carbocycles. The Morgan fingerprint density at radius 2 is 1.83 bits per heavy atom. The van der Waals surface area contributed by atoms with Crippen LogP contribution in [0.4, 0.5) is 18.9 Å². The fourth-order valence-electron chi connectivity index (χ4n) is 2.87. The molecule has 0 atom stereocenters. The van der Waals surface area contributed by atoms with Crippen LogP contribution in [0.5, 0.6) is 0 Å². The molecule has 29 heavy (non-hydrogen) atoms. The fourth-order valence-corrected chi connectivity index (χ4v) is 3.44. The maximum absolute atomic E-state index is 14.7. The minimum atomic E-state index is -1.000. The fraction of sp³-hybridized carbons (Fsp3) is 0.0500. The number of aromatic nitrogens is 3. The highest BCUT2D eigenvalue weighted by molar-refractivity contribution is 7.12. The third kappa shape index (κ3) is 3.64. The second kappa shape index (κ2) is 7.51. The standard InChI is InChI=1S/C20H13F3N4OS/c1-11-14(10-27(26-11)20-24-7-8-29-20)13-6-5-12(9-17(13)23)25-19(28)18-15(21)3-2-4-16(18)22/h2-10H,1H3,(H,25,28). The van der Waals surface area contributed by atoms with E-state index in [-0.39, 0.29) is 11.3 Å². The van der Waals surface area contributed by atoms with Gasteiger partial charge in [-0.3, -0.25) is 4.79 Å². The number of amides is 1. The molecule has 0 saturated carbocycles. The van der Waals surface area contributed by atoms with Gasteiger partial charge in [0.05, 0.1) is 5.69 Å². The number of carbonyl (C=O) groups is 1. The van der Waals surface area contributed by atoms with Gasteiger partial charge in [0.1, 0.15) is 23.0 Å². The number of rotatable bonds is 4. The summed E-state index contributed by atoms with van der Waals surface area (Å²) in [6.07, 6.45) is 3.31. The predicted molar refractivity (Wildman–Crippen MR) is 104 cm³/mol. The maximum Gasteiger partial charge on any atom is 0.261 e. The number of halogens is 3. The van der Waals surface area contributed by atoms with Crippen LogP contribution in [0.3, 0.4) is 0 Å². The van der Waals surface area contributed by atoms with Crippen molar-refractivity contribution in [2.75, 3.05) is 5.32 Å². The van der Waals surface area contributed by atoms with Crippen LogP contribution < -0.4 is 5.32 Å². The van der Waals surface area contributed by atoms with E-state index in [1.54, 1.807) is 24.0 Å². The molecule has 2 heterocycles. The number of carbonyl (C=O) groups excluding carboxylic acids is 1. The van der Waals surface area contributed by atoms with E-state index in [4.69, 9.17) is 0 Å². The molecule has 0 unspecified atom stereocenters. The van der Waals surface area contributed by atoms with E-state index in [9.17, 15) is 18.0 Å². The lowest BCUT2D eigenvalue weighted by Gasteiger charge is -2.09. The average Bonchev–Trinajstić information content (AvgIpc) is 3.31. The maximum atomic E-state index is 14.7. The lowest BCUT2D eigenvalue weighted by molar-refractivity contribution is 0.101. The molecule has 4 aromatic rings. The van der Waals surface area contributed by atoms with Crippen LogP contribution in [0.2, 0.25) is 0 Å². The normalized spacial score (nSPS) is 10.9. The summed E-state index contributed by atoms with van der Waals surface area (Å²) in [4.78, 5) is 16.3. The van der Waals surface area contributed by atoms with Crippen molar-refractivity contribution in [3.63, 3.8) is 0 Å². The third-order valence-electron chi connectivity index (χ3n) is 4.22. The molecule has 5 nitrogen and oxygen atoms in total. The van der Waals surface area contributed by atoms with E-state index in [0.29, 0.717) is 16.4 Å². The highest BCUT2D eigenvalue weighted by atomic mass is 32.1. The summed E-state index contributed by atoms with van der Waals surface area (Å²) in [5, 5.41) is 9.12. The van der Waals surface area contributed by atoms with Crippen molar-refractivity contribution >= 4 is 22.9 Å². The summed E-state index contributed by atoms with van der Waals surface area (Å²) in [6.45, 7) is 1.75. The number of anilines is 1. The lowest BCUT2D eigenvalue weighted by Crippen LogP contribution is -2.16. The summed E-state index contributed by atoms with van der Waals surface area (Å²) >= 11 is 1.39. The van der Waals surface area contributed by atoms with Crippen LogP contribution in [0.1, 0.15) is 16.1 Å². The second-order valence-electron chi connectivity index (χ2n) is 6.13. The zero-order chi connectivity index (χ0) is 20.5. The number of hydrogen-bond donors (Lipinski definition) is 1. The first-order valence-corrected chi connectivity index (χ1v) is 9.33. The third-order valence-corrected chi connectivity index (χ3v) is 4.98. The van der Waals surface area contributed by atoms with E-state index in [1.165, 1.54) is 23.5 Å². The van der Waals surface area contributed by atoms with Crippen molar-refractivity contribution in [3.8, 4) is 16.3 Å². The Labute approximate surface area is 167 Å². The summed E-state index contributed by atoms with van der Waals surface area (Å²) in [6, 6.07) is 7.12. The van der Waals surface area contributed by atoms with Crippen LogP contribution in [-0.2, 0) is 0 Å². The van der Waals surface area contributed by atoms with E-state index in [0.717, 1.165) is 24.3 Å². The Bertz CT molecular complexity index is 1180. The van der Waals surface area contributed by atoms with Crippen molar-refractivity contribution in [2.45, 2.75) is 6.92 Å². The first kappa shape index (κ1) is 18.9. The topological polar surface area (TPSA) is 59.8 Å². The minimum Gasteiger partial charge on any atom is -0.322 e. The number of nitrogens with zero attached hydrogens (tertiary/aromatic N) is 3. The number of benzene rings is 2. The van der Waals surface area contributed by atoms with Gasteiger partial charge in [-0.15, -0.1) is 11.3 Å². The van der Waals surface area contributed by atoms with Gasteiger partial charge in [-0.25, -0.2) is 22.8 Å². The van der Waals surface area contributed by atoms with Gasteiger partial charge in [0.2, 0.25) is 5.13 Å². The van der Waals surface area contributed by atoms with Crippen LogP contribution in [-0.4, -0.2) is 20.7 Å². The molecule has 4 rings (SSSR count). The first-order valence-electron chi connectivity index (χ1n) is 8.45. The Kier molecular flexibility index (Phi) is 4.89. The monoisotopic (exact) mass is 414 g/mol. The number of nitrogens with one attached hydrogen (secondary N) is 1. The van der Waals surface area contributed by atoms with Gasteiger partial charge in [0, 0.05) is 34.6 Å². The molecule has 0 spiro atoms. The van der Waals surface area contributed by atoms with E-state index in [2.05, 4.69) is 15.4 Å².